The number of morpholine rings is 1. The van der Waals surface area contributed by atoms with Crippen LogP contribution in [0, 0.1) is 0 Å². The van der Waals surface area contributed by atoms with Gasteiger partial charge < -0.3 is 9.64 Å². The minimum absolute atomic E-state index is 0.162. The highest BCUT2D eigenvalue weighted by atomic mass is 16.5. The van der Waals surface area contributed by atoms with Crippen LogP contribution in [-0.2, 0) is 16.1 Å². The van der Waals surface area contributed by atoms with Crippen molar-refractivity contribution in [2.24, 2.45) is 0 Å². The van der Waals surface area contributed by atoms with Gasteiger partial charge >= 0.3 is 0 Å². The quantitative estimate of drug-likeness (QED) is 0.811. The van der Waals surface area contributed by atoms with Crippen LogP contribution < -0.4 is 4.90 Å². The predicted molar refractivity (Wildman–Crippen MR) is 110 cm³/mol. The first-order chi connectivity index (χ1) is 13.7. The lowest BCUT2D eigenvalue weighted by molar-refractivity contribution is -0.165. The van der Waals surface area contributed by atoms with Gasteiger partial charge in [0.1, 0.15) is 5.60 Å². The summed E-state index contributed by atoms with van der Waals surface area (Å²) in [5.74, 6) is 0.162. The Kier molecular flexibility index (Phi) is 4.48. The summed E-state index contributed by atoms with van der Waals surface area (Å²) in [6.45, 7) is 3.77. The molecule has 0 aromatic heterocycles. The molecule has 0 radical (unpaired) electrons. The fourth-order valence-electron chi connectivity index (χ4n) is 4.83. The van der Waals surface area contributed by atoms with Crippen LogP contribution in [0.5, 0.6) is 0 Å². The van der Waals surface area contributed by atoms with Gasteiger partial charge in [0, 0.05) is 18.8 Å². The van der Waals surface area contributed by atoms with Crippen molar-refractivity contribution in [3.8, 4) is 0 Å². The van der Waals surface area contributed by atoms with Crippen LogP contribution in [0.2, 0.25) is 0 Å². The van der Waals surface area contributed by atoms with Crippen LogP contribution in [0.15, 0.2) is 60.7 Å². The van der Waals surface area contributed by atoms with Crippen LogP contribution >= 0.6 is 0 Å². The summed E-state index contributed by atoms with van der Waals surface area (Å²) in [6, 6.07) is 20.8. The van der Waals surface area contributed by atoms with E-state index in [0.717, 1.165) is 57.4 Å². The van der Waals surface area contributed by atoms with Crippen molar-refractivity contribution in [3.63, 3.8) is 0 Å². The molecule has 3 fully saturated rings. The standard InChI is InChI=1S/C24H28N2O2/c27-22-24(13-14-24)28-23(19-26(22)21-10-5-2-6-11-21)12-7-16-25(17-15-23)18-20-8-3-1-4-9-20/h1-6,8-11H,7,12-19H2. The maximum atomic E-state index is 13.1. The number of carbonyl (C=O) groups is 1. The topological polar surface area (TPSA) is 32.8 Å². The van der Waals surface area contributed by atoms with Crippen molar-refractivity contribution in [1.29, 1.82) is 0 Å². The molecule has 146 valence electrons. The Morgan fingerprint density at radius 2 is 1.57 bits per heavy atom. The second kappa shape index (κ2) is 7.02. The number of hydrogen-bond acceptors (Lipinski definition) is 3. The molecule has 2 aromatic rings. The zero-order chi connectivity index (χ0) is 19.0. The van der Waals surface area contributed by atoms with Crippen LogP contribution in [0.4, 0.5) is 5.69 Å². The van der Waals surface area contributed by atoms with Crippen LogP contribution in [0.1, 0.15) is 37.7 Å². The summed E-state index contributed by atoms with van der Waals surface area (Å²) >= 11 is 0. The van der Waals surface area contributed by atoms with Gasteiger partial charge in [-0.1, -0.05) is 48.5 Å². The van der Waals surface area contributed by atoms with Crippen molar-refractivity contribution >= 4 is 11.6 Å². The van der Waals surface area contributed by atoms with Gasteiger partial charge in [0.25, 0.3) is 5.91 Å². The molecule has 0 N–H and O–H groups in total. The number of anilines is 1. The van der Waals surface area contributed by atoms with Crippen LogP contribution in [0.3, 0.4) is 0 Å². The highest BCUT2D eigenvalue weighted by molar-refractivity contribution is 6.02. The van der Waals surface area contributed by atoms with Gasteiger partial charge in [-0.05, 0) is 56.3 Å². The second-order valence-corrected chi connectivity index (χ2v) is 8.62. The summed E-state index contributed by atoms with van der Waals surface area (Å²) in [4.78, 5) is 17.7. The smallest absolute Gasteiger partial charge is 0.259 e. The Labute approximate surface area is 167 Å². The van der Waals surface area contributed by atoms with Crippen molar-refractivity contribution in [2.45, 2.75) is 49.9 Å². The Hall–Kier alpha value is -2.17. The molecule has 2 aliphatic heterocycles. The fraction of sp³-hybridized carbons (Fsp3) is 0.458. The summed E-state index contributed by atoms with van der Waals surface area (Å²) in [7, 11) is 0. The summed E-state index contributed by atoms with van der Waals surface area (Å²) in [5, 5.41) is 0. The van der Waals surface area contributed by atoms with E-state index in [1.165, 1.54) is 5.56 Å². The number of carbonyl (C=O) groups excluding carboxylic acids is 1. The highest BCUT2D eigenvalue weighted by Gasteiger charge is 2.61. The van der Waals surface area contributed by atoms with Gasteiger partial charge in [0.05, 0.1) is 12.1 Å². The SMILES string of the molecule is O=C1N(c2ccccc2)CC2(CCCN(Cc3ccccc3)CC2)OC12CC2. The normalized spacial score (nSPS) is 27.1. The summed E-state index contributed by atoms with van der Waals surface area (Å²) in [6.07, 6.45) is 4.85. The van der Waals surface area contributed by atoms with Gasteiger partial charge in [0.2, 0.25) is 0 Å². The number of para-hydroxylation sites is 1. The average molecular weight is 377 g/mol. The molecule has 1 unspecified atom stereocenters. The molecule has 2 spiro atoms. The number of nitrogens with zero attached hydrogens (tertiary/aromatic N) is 2. The van der Waals surface area contributed by atoms with E-state index in [1.54, 1.807) is 0 Å². The first-order valence-corrected chi connectivity index (χ1v) is 10.5. The lowest BCUT2D eigenvalue weighted by Gasteiger charge is -2.46. The summed E-state index contributed by atoms with van der Waals surface area (Å²) in [5.41, 5.74) is 1.60. The minimum atomic E-state index is -0.553. The number of hydrogen-bond donors (Lipinski definition) is 0. The van der Waals surface area contributed by atoms with E-state index in [-0.39, 0.29) is 11.5 Å². The molecule has 5 rings (SSSR count). The number of likely N-dealkylation sites (tertiary alicyclic amines) is 1. The van der Waals surface area contributed by atoms with Crippen LogP contribution in [0.25, 0.3) is 0 Å². The van der Waals surface area contributed by atoms with Gasteiger partial charge in [-0.3, -0.25) is 9.69 Å². The lowest BCUT2D eigenvalue weighted by atomic mass is 9.90. The third-order valence-electron chi connectivity index (χ3n) is 6.50. The molecule has 0 bridgehead atoms. The Balaban J connectivity index is 1.35. The maximum Gasteiger partial charge on any atom is 0.259 e. The van der Waals surface area contributed by atoms with Gasteiger partial charge in [-0.2, -0.15) is 0 Å². The second-order valence-electron chi connectivity index (χ2n) is 8.62. The van der Waals surface area contributed by atoms with Crippen LogP contribution in [-0.4, -0.2) is 41.6 Å². The largest absolute Gasteiger partial charge is 0.357 e. The number of amides is 1. The van der Waals surface area contributed by atoms with E-state index >= 15 is 0 Å². The molecule has 1 saturated carbocycles. The molecule has 4 heteroatoms. The average Bonchev–Trinajstić information content (AvgIpc) is 3.52. The Morgan fingerprint density at radius 1 is 0.857 bits per heavy atom. The van der Waals surface area contributed by atoms with Crippen molar-refractivity contribution in [3.05, 3.63) is 66.2 Å². The highest BCUT2D eigenvalue weighted by Crippen LogP contribution is 2.50. The van der Waals surface area contributed by atoms with Crippen molar-refractivity contribution in [2.75, 3.05) is 24.5 Å². The van der Waals surface area contributed by atoms with E-state index in [2.05, 4.69) is 35.2 Å². The van der Waals surface area contributed by atoms with E-state index in [4.69, 9.17) is 4.74 Å². The fourth-order valence-corrected chi connectivity index (χ4v) is 4.83. The molecule has 1 amide bonds. The molecule has 28 heavy (non-hydrogen) atoms. The lowest BCUT2D eigenvalue weighted by Crippen LogP contribution is -2.60. The number of ether oxygens (including phenoxy) is 1. The monoisotopic (exact) mass is 376 g/mol. The molecular weight excluding hydrogens is 348 g/mol. The third-order valence-corrected chi connectivity index (χ3v) is 6.50. The molecule has 2 saturated heterocycles. The molecule has 3 aliphatic rings. The van der Waals surface area contributed by atoms with Gasteiger partial charge in [0.15, 0.2) is 0 Å². The molecule has 2 aromatic carbocycles. The molecule has 4 nitrogen and oxygen atoms in total. The minimum Gasteiger partial charge on any atom is -0.357 e. The van der Waals surface area contributed by atoms with Gasteiger partial charge in [-0.25, -0.2) is 0 Å². The van der Waals surface area contributed by atoms with E-state index in [9.17, 15) is 4.79 Å². The number of rotatable bonds is 3. The Morgan fingerprint density at radius 3 is 2.29 bits per heavy atom. The van der Waals surface area contributed by atoms with Crippen molar-refractivity contribution in [1.82, 2.24) is 4.90 Å². The third kappa shape index (κ3) is 3.36. The predicted octanol–water partition coefficient (Wildman–Crippen LogP) is 4.01. The van der Waals surface area contributed by atoms with E-state index < -0.39 is 5.60 Å². The van der Waals surface area contributed by atoms with E-state index in [0.29, 0.717) is 6.54 Å². The molecule has 1 atom stereocenters. The number of benzene rings is 2. The molecule has 1 aliphatic carbocycles. The first-order valence-electron chi connectivity index (χ1n) is 10.5. The first kappa shape index (κ1) is 17.9. The van der Waals surface area contributed by atoms with Crippen molar-refractivity contribution < 1.29 is 9.53 Å². The zero-order valence-corrected chi connectivity index (χ0v) is 16.3. The molecular formula is C24H28N2O2. The zero-order valence-electron chi connectivity index (χ0n) is 16.3. The van der Waals surface area contributed by atoms with E-state index in [1.807, 2.05) is 35.2 Å². The molecule has 2 heterocycles. The van der Waals surface area contributed by atoms with Gasteiger partial charge in [-0.15, -0.1) is 0 Å². The Bertz CT molecular complexity index is 834. The maximum absolute atomic E-state index is 13.1. The summed E-state index contributed by atoms with van der Waals surface area (Å²) < 4.78 is 6.64.